The molecule has 1 atom stereocenters. The second kappa shape index (κ2) is 6.04. The Balaban J connectivity index is 1.97. The molecule has 21 heavy (non-hydrogen) atoms. The van der Waals surface area contributed by atoms with Gasteiger partial charge in [-0.05, 0) is 30.7 Å². The summed E-state index contributed by atoms with van der Waals surface area (Å²) in [5, 5.41) is 3.96. The van der Waals surface area contributed by atoms with E-state index in [4.69, 9.17) is 11.6 Å². The van der Waals surface area contributed by atoms with Crippen LogP contribution in [0.5, 0.6) is 0 Å². The van der Waals surface area contributed by atoms with Gasteiger partial charge in [0.2, 0.25) is 0 Å². The largest absolute Gasteiger partial charge is 0.365 e. The molecule has 1 unspecified atom stereocenters. The molecule has 3 rings (SSSR count). The molecule has 4 heteroatoms. The van der Waals surface area contributed by atoms with Crippen LogP contribution in [-0.2, 0) is 13.1 Å². The van der Waals surface area contributed by atoms with E-state index in [0.29, 0.717) is 23.2 Å². The van der Waals surface area contributed by atoms with Crippen LogP contribution in [0.15, 0.2) is 42.5 Å². The number of halogens is 2. The Kier molecular flexibility index (Phi) is 4.13. The van der Waals surface area contributed by atoms with E-state index < -0.39 is 0 Å². The monoisotopic (exact) mass is 304 g/mol. The summed E-state index contributed by atoms with van der Waals surface area (Å²) in [6, 6.07) is 13.4. The van der Waals surface area contributed by atoms with E-state index >= 15 is 0 Å². The first-order valence-corrected chi connectivity index (χ1v) is 7.52. The average Bonchev–Trinajstić information content (AvgIpc) is 2.63. The van der Waals surface area contributed by atoms with Gasteiger partial charge in [-0.2, -0.15) is 0 Å². The lowest BCUT2D eigenvalue weighted by molar-refractivity contribution is 0.546. The van der Waals surface area contributed by atoms with Gasteiger partial charge < -0.3 is 10.2 Å². The van der Waals surface area contributed by atoms with Crippen LogP contribution in [0.25, 0.3) is 0 Å². The number of benzene rings is 2. The summed E-state index contributed by atoms with van der Waals surface area (Å²) in [5.74, 6) is -0.246. The van der Waals surface area contributed by atoms with Gasteiger partial charge in [0.25, 0.3) is 0 Å². The van der Waals surface area contributed by atoms with Gasteiger partial charge in [-0.25, -0.2) is 4.39 Å². The van der Waals surface area contributed by atoms with Gasteiger partial charge in [0, 0.05) is 41.9 Å². The number of rotatable bonds is 2. The predicted octanol–water partition coefficient (Wildman–Crippen LogP) is 3.98. The fourth-order valence-electron chi connectivity index (χ4n) is 2.77. The SMILES string of the molecule is CC1CN(Cc2c(F)cccc2Cl)c2ccccc2CN1. The second-order valence-corrected chi connectivity index (χ2v) is 5.90. The first kappa shape index (κ1) is 14.4. The van der Waals surface area contributed by atoms with E-state index in [1.54, 1.807) is 12.1 Å². The van der Waals surface area contributed by atoms with Crippen molar-refractivity contribution in [1.29, 1.82) is 0 Å². The number of fused-ring (bicyclic) bond motifs is 1. The molecule has 0 saturated carbocycles. The van der Waals surface area contributed by atoms with Crippen molar-refractivity contribution in [3.05, 3.63) is 64.4 Å². The molecule has 0 aliphatic carbocycles. The highest BCUT2D eigenvalue weighted by molar-refractivity contribution is 6.31. The summed E-state index contributed by atoms with van der Waals surface area (Å²) in [6.07, 6.45) is 0. The minimum atomic E-state index is -0.246. The van der Waals surface area contributed by atoms with E-state index in [-0.39, 0.29) is 5.82 Å². The van der Waals surface area contributed by atoms with Gasteiger partial charge in [0.15, 0.2) is 0 Å². The maximum atomic E-state index is 14.1. The van der Waals surface area contributed by atoms with Crippen molar-refractivity contribution < 1.29 is 4.39 Å². The van der Waals surface area contributed by atoms with Crippen LogP contribution in [0.2, 0.25) is 5.02 Å². The minimum absolute atomic E-state index is 0.246. The first-order chi connectivity index (χ1) is 10.1. The average molecular weight is 305 g/mol. The molecule has 1 aliphatic heterocycles. The van der Waals surface area contributed by atoms with E-state index in [2.05, 4.69) is 29.3 Å². The van der Waals surface area contributed by atoms with Crippen LogP contribution >= 0.6 is 11.6 Å². The third kappa shape index (κ3) is 3.04. The summed E-state index contributed by atoms with van der Waals surface area (Å²) < 4.78 is 14.1. The Morgan fingerprint density at radius 1 is 1.24 bits per heavy atom. The van der Waals surface area contributed by atoms with E-state index in [9.17, 15) is 4.39 Å². The fraction of sp³-hybridized carbons (Fsp3) is 0.294. The van der Waals surface area contributed by atoms with Gasteiger partial charge in [-0.3, -0.25) is 0 Å². The molecule has 0 radical (unpaired) electrons. The van der Waals surface area contributed by atoms with Crippen LogP contribution < -0.4 is 10.2 Å². The molecule has 2 nitrogen and oxygen atoms in total. The molecule has 2 aromatic carbocycles. The Bertz CT molecular complexity index is 624. The predicted molar refractivity (Wildman–Crippen MR) is 85.2 cm³/mol. The highest BCUT2D eigenvalue weighted by Crippen LogP contribution is 2.28. The molecule has 1 heterocycles. The van der Waals surface area contributed by atoms with Crippen LogP contribution in [0.4, 0.5) is 10.1 Å². The van der Waals surface area contributed by atoms with Crippen LogP contribution in [0, 0.1) is 5.82 Å². The standard InChI is InChI=1S/C17H18ClFN2/c1-12-10-21(11-14-15(18)6-4-7-16(14)19)17-8-3-2-5-13(17)9-20-12/h2-8,12,20H,9-11H2,1H3. The maximum absolute atomic E-state index is 14.1. The van der Waals surface area contributed by atoms with Crippen molar-refractivity contribution in [3.63, 3.8) is 0 Å². The summed E-state index contributed by atoms with van der Waals surface area (Å²) >= 11 is 6.17. The molecule has 0 aromatic heterocycles. The summed E-state index contributed by atoms with van der Waals surface area (Å²) in [4.78, 5) is 2.20. The molecule has 2 aromatic rings. The summed E-state index contributed by atoms with van der Waals surface area (Å²) in [6.45, 7) is 4.27. The van der Waals surface area contributed by atoms with Crippen LogP contribution in [-0.4, -0.2) is 12.6 Å². The van der Waals surface area contributed by atoms with Crippen molar-refractivity contribution in [2.24, 2.45) is 0 Å². The van der Waals surface area contributed by atoms with Crippen molar-refractivity contribution in [3.8, 4) is 0 Å². The van der Waals surface area contributed by atoms with Gasteiger partial charge in [-0.15, -0.1) is 0 Å². The van der Waals surface area contributed by atoms with Crippen LogP contribution in [0.3, 0.4) is 0 Å². The number of hydrogen-bond acceptors (Lipinski definition) is 2. The van der Waals surface area contributed by atoms with Gasteiger partial charge in [0.1, 0.15) is 5.82 Å². The molecule has 0 fully saturated rings. The zero-order valence-electron chi connectivity index (χ0n) is 11.9. The summed E-state index contributed by atoms with van der Waals surface area (Å²) in [7, 11) is 0. The van der Waals surface area contributed by atoms with Crippen LogP contribution in [0.1, 0.15) is 18.1 Å². The van der Waals surface area contributed by atoms with E-state index in [1.807, 2.05) is 12.1 Å². The number of nitrogens with zero attached hydrogens (tertiary/aromatic N) is 1. The number of para-hydroxylation sites is 1. The highest BCUT2D eigenvalue weighted by atomic mass is 35.5. The second-order valence-electron chi connectivity index (χ2n) is 5.49. The lowest BCUT2D eigenvalue weighted by atomic mass is 10.1. The smallest absolute Gasteiger partial charge is 0.129 e. The maximum Gasteiger partial charge on any atom is 0.129 e. The van der Waals surface area contributed by atoms with Crippen molar-refractivity contribution in [2.75, 3.05) is 11.4 Å². The van der Waals surface area contributed by atoms with Crippen molar-refractivity contribution >= 4 is 17.3 Å². The zero-order valence-corrected chi connectivity index (χ0v) is 12.7. The molecule has 110 valence electrons. The van der Waals surface area contributed by atoms with Gasteiger partial charge >= 0.3 is 0 Å². The minimum Gasteiger partial charge on any atom is -0.365 e. The Morgan fingerprint density at radius 2 is 2.05 bits per heavy atom. The third-order valence-corrected chi connectivity index (χ3v) is 4.23. The Labute approximate surface area is 129 Å². The third-order valence-electron chi connectivity index (χ3n) is 3.88. The molecule has 0 spiro atoms. The lowest BCUT2D eigenvalue weighted by Gasteiger charge is -2.27. The normalized spacial score (nSPS) is 18.2. The molecular weight excluding hydrogens is 287 g/mol. The lowest BCUT2D eigenvalue weighted by Crippen LogP contribution is -2.35. The Hall–Kier alpha value is -1.58. The molecular formula is C17H18ClFN2. The highest BCUT2D eigenvalue weighted by Gasteiger charge is 2.20. The number of nitrogens with one attached hydrogen (secondary N) is 1. The summed E-state index contributed by atoms with van der Waals surface area (Å²) in [5.41, 5.74) is 2.94. The van der Waals surface area contributed by atoms with Crippen molar-refractivity contribution in [1.82, 2.24) is 5.32 Å². The zero-order chi connectivity index (χ0) is 14.8. The quantitative estimate of drug-likeness (QED) is 0.903. The Morgan fingerprint density at radius 3 is 2.86 bits per heavy atom. The number of hydrogen-bond donors (Lipinski definition) is 1. The number of anilines is 1. The van der Waals surface area contributed by atoms with Gasteiger partial charge in [0.05, 0.1) is 0 Å². The fourth-order valence-corrected chi connectivity index (χ4v) is 2.99. The van der Waals surface area contributed by atoms with Crippen molar-refractivity contribution in [2.45, 2.75) is 26.1 Å². The molecule has 0 amide bonds. The molecule has 1 aliphatic rings. The van der Waals surface area contributed by atoms with Gasteiger partial charge in [-0.1, -0.05) is 35.9 Å². The molecule has 0 bridgehead atoms. The molecule has 0 saturated heterocycles. The van der Waals surface area contributed by atoms with E-state index in [0.717, 1.165) is 18.8 Å². The topological polar surface area (TPSA) is 15.3 Å². The van der Waals surface area contributed by atoms with E-state index in [1.165, 1.54) is 11.6 Å². The first-order valence-electron chi connectivity index (χ1n) is 7.14. The molecule has 1 N–H and O–H groups in total.